The Morgan fingerprint density at radius 1 is 1.17 bits per heavy atom. The van der Waals surface area contributed by atoms with E-state index in [2.05, 4.69) is 27.8 Å². The molecule has 0 aromatic heterocycles. The third kappa shape index (κ3) is 3.66. The number of rotatable bonds is 5. The standard InChI is InChI=1S/C21H27N5O3/c1-4-15-13-26-14-22-18(12-19(26)23-15)24-8-10-25(11-9-24)21(27)16-6-5-7-17(28-2)20(16)29-3/h5-7,12,14-15H,4,8-11,13H2,1-3H3/t15-/m0/s1. The minimum atomic E-state index is -0.0429. The molecule has 0 bridgehead atoms. The number of methoxy groups -OCH3 is 2. The lowest BCUT2D eigenvalue weighted by atomic mass is 10.1. The zero-order valence-corrected chi connectivity index (χ0v) is 17.2. The smallest absolute Gasteiger partial charge is 0.257 e. The van der Waals surface area contributed by atoms with Crippen molar-refractivity contribution in [2.75, 3.05) is 46.9 Å². The Labute approximate surface area is 171 Å². The summed E-state index contributed by atoms with van der Waals surface area (Å²) in [6.07, 6.45) is 4.96. The Morgan fingerprint density at radius 3 is 2.66 bits per heavy atom. The van der Waals surface area contributed by atoms with Gasteiger partial charge in [-0.3, -0.25) is 9.79 Å². The van der Waals surface area contributed by atoms with Crippen LogP contribution in [0.4, 0.5) is 0 Å². The molecule has 3 aliphatic heterocycles. The molecule has 1 amide bonds. The summed E-state index contributed by atoms with van der Waals surface area (Å²) in [4.78, 5) is 28.6. The fourth-order valence-corrected chi connectivity index (χ4v) is 3.89. The Bertz CT molecular complexity index is 871. The van der Waals surface area contributed by atoms with E-state index in [0.717, 1.165) is 37.7 Å². The van der Waals surface area contributed by atoms with Crippen molar-refractivity contribution in [3.63, 3.8) is 0 Å². The largest absolute Gasteiger partial charge is 0.493 e. The fourth-order valence-electron chi connectivity index (χ4n) is 3.89. The molecule has 3 heterocycles. The number of carbonyl (C=O) groups is 1. The van der Waals surface area contributed by atoms with Crippen molar-refractivity contribution in [3.8, 4) is 11.5 Å². The van der Waals surface area contributed by atoms with Gasteiger partial charge in [0.1, 0.15) is 11.7 Å². The van der Waals surface area contributed by atoms with Crippen LogP contribution in [-0.4, -0.2) is 85.8 Å². The second-order valence-electron chi connectivity index (χ2n) is 7.27. The molecule has 154 valence electrons. The highest BCUT2D eigenvalue weighted by Crippen LogP contribution is 2.32. The number of hydrogen-bond acceptors (Lipinski definition) is 7. The molecular formula is C21H27N5O3. The van der Waals surface area contributed by atoms with Gasteiger partial charge in [-0.05, 0) is 18.6 Å². The molecule has 29 heavy (non-hydrogen) atoms. The molecule has 1 aromatic rings. The normalized spacial score (nSPS) is 20.9. The summed E-state index contributed by atoms with van der Waals surface area (Å²) in [5.74, 6) is 2.90. The zero-order chi connectivity index (χ0) is 20.4. The zero-order valence-electron chi connectivity index (χ0n) is 17.2. The number of benzene rings is 1. The van der Waals surface area contributed by atoms with Gasteiger partial charge in [0.05, 0.1) is 32.2 Å². The number of carbonyl (C=O) groups excluding carboxylic acids is 1. The molecule has 1 fully saturated rings. The van der Waals surface area contributed by atoms with Gasteiger partial charge in [0.2, 0.25) is 0 Å². The van der Waals surface area contributed by atoms with Crippen LogP contribution in [0.2, 0.25) is 0 Å². The molecule has 0 spiro atoms. The molecule has 0 aliphatic carbocycles. The van der Waals surface area contributed by atoms with Crippen molar-refractivity contribution in [2.45, 2.75) is 19.4 Å². The van der Waals surface area contributed by atoms with Crippen LogP contribution < -0.4 is 9.47 Å². The fraction of sp³-hybridized carbons (Fsp3) is 0.476. The predicted molar refractivity (Wildman–Crippen MR) is 112 cm³/mol. The minimum Gasteiger partial charge on any atom is -0.493 e. The van der Waals surface area contributed by atoms with Crippen LogP contribution in [0.5, 0.6) is 11.5 Å². The van der Waals surface area contributed by atoms with E-state index in [1.54, 1.807) is 26.4 Å². The highest BCUT2D eigenvalue weighted by Gasteiger charge is 2.29. The molecule has 0 unspecified atom stereocenters. The van der Waals surface area contributed by atoms with E-state index >= 15 is 0 Å². The number of hydrogen-bond donors (Lipinski definition) is 0. The van der Waals surface area contributed by atoms with Gasteiger partial charge in [0, 0.05) is 38.8 Å². The van der Waals surface area contributed by atoms with Crippen molar-refractivity contribution in [1.29, 1.82) is 0 Å². The number of amidine groups is 1. The van der Waals surface area contributed by atoms with Gasteiger partial charge < -0.3 is 24.2 Å². The Kier molecular flexibility index (Phi) is 5.42. The number of para-hydroxylation sites is 1. The lowest BCUT2D eigenvalue weighted by Gasteiger charge is -2.37. The number of aliphatic imine (C=N–C) groups is 2. The maximum Gasteiger partial charge on any atom is 0.257 e. The van der Waals surface area contributed by atoms with Gasteiger partial charge in [0.15, 0.2) is 11.5 Å². The maximum atomic E-state index is 13.1. The van der Waals surface area contributed by atoms with E-state index in [-0.39, 0.29) is 5.91 Å². The van der Waals surface area contributed by atoms with Gasteiger partial charge in [-0.2, -0.15) is 0 Å². The lowest BCUT2D eigenvalue weighted by molar-refractivity contribution is 0.0664. The SMILES string of the molecule is CC[C@H]1CN2C=NC(N3CCN(C(=O)c4cccc(OC)c4OC)CC3)=CC2=N1. The first-order valence-electron chi connectivity index (χ1n) is 10.00. The molecule has 0 radical (unpaired) electrons. The number of nitrogens with zero attached hydrogens (tertiary/aromatic N) is 5. The van der Waals surface area contributed by atoms with Crippen LogP contribution >= 0.6 is 0 Å². The van der Waals surface area contributed by atoms with Gasteiger partial charge in [-0.1, -0.05) is 13.0 Å². The summed E-state index contributed by atoms with van der Waals surface area (Å²) < 4.78 is 10.7. The van der Waals surface area contributed by atoms with Crippen LogP contribution in [0.1, 0.15) is 23.7 Å². The van der Waals surface area contributed by atoms with Gasteiger partial charge in [-0.15, -0.1) is 0 Å². The molecule has 0 N–H and O–H groups in total. The third-order valence-corrected chi connectivity index (χ3v) is 5.60. The maximum absolute atomic E-state index is 13.1. The van der Waals surface area contributed by atoms with E-state index in [1.165, 1.54) is 0 Å². The minimum absolute atomic E-state index is 0.0429. The first kappa shape index (κ1) is 19.3. The first-order valence-corrected chi connectivity index (χ1v) is 10.00. The van der Waals surface area contributed by atoms with E-state index in [1.807, 2.05) is 17.3 Å². The summed E-state index contributed by atoms with van der Waals surface area (Å²) >= 11 is 0. The Hall–Kier alpha value is -3.03. The lowest BCUT2D eigenvalue weighted by Crippen LogP contribution is -2.48. The molecule has 4 rings (SSSR count). The molecule has 8 nitrogen and oxygen atoms in total. The molecule has 3 aliphatic rings. The molecule has 1 atom stereocenters. The monoisotopic (exact) mass is 397 g/mol. The van der Waals surface area contributed by atoms with Crippen molar-refractivity contribution in [1.82, 2.24) is 14.7 Å². The number of amides is 1. The van der Waals surface area contributed by atoms with Crippen molar-refractivity contribution < 1.29 is 14.3 Å². The van der Waals surface area contributed by atoms with Crippen LogP contribution in [0, 0.1) is 0 Å². The summed E-state index contributed by atoms with van der Waals surface area (Å²) in [5, 5.41) is 0. The molecule has 0 saturated carbocycles. The van der Waals surface area contributed by atoms with Crippen molar-refractivity contribution >= 4 is 18.1 Å². The Morgan fingerprint density at radius 2 is 1.97 bits per heavy atom. The van der Waals surface area contributed by atoms with Crippen LogP contribution in [0.15, 0.2) is 40.1 Å². The number of ether oxygens (including phenoxy) is 2. The highest BCUT2D eigenvalue weighted by molar-refractivity contribution is 6.03. The Balaban J connectivity index is 1.43. The molecular weight excluding hydrogens is 370 g/mol. The number of fused-ring (bicyclic) bond motifs is 1. The topological polar surface area (TPSA) is 70.0 Å². The number of piperazine rings is 1. The summed E-state index contributed by atoms with van der Waals surface area (Å²) in [7, 11) is 3.13. The first-order chi connectivity index (χ1) is 14.1. The average molecular weight is 397 g/mol. The average Bonchev–Trinajstić information content (AvgIpc) is 3.20. The van der Waals surface area contributed by atoms with Crippen LogP contribution in [0.3, 0.4) is 0 Å². The second-order valence-corrected chi connectivity index (χ2v) is 7.27. The van der Waals surface area contributed by atoms with E-state index in [9.17, 15) is 4.79 Å². The van der Waals surface area contributed by atoms with Crippen molar-refractivity contribution in [3.05, 3.63) is 35.7 Å². The van der Waals surface area contributed by atoms with Crippen LogP contribution in [0.25, 0.3) is 0 Å². The van der Waals surface area contributed by atoms with E-state index in [0.29, 0.717) is 36.2 Å². The van der Waals surface area contributed by atoms with Gasteiger partial charge in [0.25, 0.3) is 5.91 Å². The van der Waals surface area contributed by atoms with E-state index in [4.69, 9.17) is 14.5 Å². The molecule has 1 saturated heterocycles. The van der Waals surface area contributed by atoms with Gasteiger partial charge >= 0.3 is 0 Å². The third-order valence-electron chi connectivity index (χ3n) is 5.60. The highest BCUT2D eigenvalue weighted by atomic mass is 16.5. The van der Waals surface area contributed by atoms with Gasteiger partial charge in [-0.25, -0.2) is 4.99 Å². The summed E-state index contributed by atoms with van der Waals surface area (Å²) in [6, 6.07) is 5.73. The summed E-state index contributed by atoms with van der Waals surface area (Å²) in [6.45, 7) is 5.77. The quantitative estimate of drug-likeness (QED) is 0.758. The van der Waals surface area contributed by atoms with Crippen molar-refractivity contribution in [2.24, 2.45) is 9.98 Å². The second kappa shape index (κ2) is 8.14. The van der Waals surface area contributed by atoms with E-state index < -0.39 is 0 Å². The van der Waals surface area contributed by atoms with Crippen LogP contribution in [-0.2, 0) is 0 Å². The molecule has 1 aromatic carbocycles. The summed E-state index contributed by atoms with van der Waals surface area (Å²) in [5.41, 5.74) is 0.525. The predicted octanol–water partition coefficient (Wildman–Crippen LogP) is 1.84. The molecule has 8 heteroatoms.